The van der Waals surface area contributed by atoms with E-state index in [1.165, 1.54) is 6.42 Å². The molecule has 0 saturated carbocycles. The summed E-state index contributed by atoms with van der Waals surface area (Å²) in [5.41, 5.74) is 0. The number of likely N-dealkylation sites (N-methyl/N-ethyl adjacent to an activating group) is 1. The molecule has 1 aliphatic rings. The van der Waals surface area contributed by atoms with Gasteiger partial charge in [0, 0.05) is 25.8 Å². The third-order valence-corrected chi connectivity index (χ3v) is 3.31. The maximum Gasteiger partial charge on any atom is 0.189 e. The second kappa shape index (κ2) is 6.27. The number of rotatable bonds is 3. The van der Waals surface area contributed by atoms with Crippen LogP contribution in [0, 0.1) is 0 Å². The van der Waals surface area contributed by atoms with Crippen molar-refractivity contribution >= 4 is 30.0 Å². The van der Waals surface area contributed by atoms with E-state index in [4.69, 9.17) is 0 Å². The summed E-state index contributed by atoms with van der Waals surface area (Å²) in [7, 11) is 2.10. The molecule has 1 saturated heterocycles. The zero-order valence-electron chi connectivity index (χ0n) is 9.51. The normalized spacial score (nSPS) is 19.2. The summed E-state index contributed by atoms with van der Waals surface area (Å²) < 4.78 is 0. The maximum absolute atomic E-state index is 4.49. The molecule has 0 amide bonds. The number of aromatic nitrogens is 2. The minimum absolute atomic E-state index is 0. The monoisotopic (exact) mass is 260 g/mol. The van der Waals surface area contributed by atoms with Crippen LogP contribution in [-0.2, 0) is 0 Å². The van der Waals surface area contributed by atoms with Crippen LogP contribution >= 0.6 is 24.2 Å². The average molecular weight is 261 g/mol. The minimum atomic E-state index is 0. The number of thioether (sulfide) groups is 1. The fourth-order valence-corrected chi connectivity index (χ4v) is 2.13. The smallest absolute Gasteiger partial charge is 0.189 e. The van der Waals surface area contributed by atoms with E-state index in [0.717, 1.165) is 24.1 Å². The molecule has 0 radical (unpaired) electrons. The van der Waals surface area contributed by atoms with Crippen LogP contribution in [-0.4, -0.2) is 42.4 Å². The van der Waals surface area contributed by atoms with E-state index in [2.05, 4.69) is 27.2 Å². The number of nitrogens with one attached hydrogen (secondary N) is 1. The van der Waals surface area contributed by atoms with Gasteiger partial charge >= 0.3 is 0 Å². The lowest BCUT2D eigenvalue weighted by molar-refractivity contribution is 0.672. The lowest BCUT2D eigenvalue weighted by Crippen LogP contribution is -2.33. The number of nitrogens with zero attached hydrogens (tertiary/aromatic N) is 3. The standard InChI is InChI=1S/C10H16N4S.ClH/c1-14(8-3-5-11-7-8)9-4-6-12-10(13-9)15-2;/h4,6,8,11H,3,5,7H2,1-2H3;1H. The van der Waals surface area contributed by atoms with Crippen LogP contribution in [0.1, 0.15) is 6.42 Å². The van der Waals surface area contributed by atoms with Crippen molar-refractivity contribution in [3.8, 4) is 0 Å². The molecule has 4 nitrogen and oxygen atoms in total. The van der Waals surface area contributed by atoms with Gasteiger partial charge in [0.1, 0.15) is 5.82 Å². The first-order valence-electron chi connectivity index (χ1n) is 5.12. The Kier molecular flexibility index (Phi) is 5.31. The molecule has 2 heterocycles. The van der Waals surface area contributed by atoms with Gasteiger partial charge in [0.15, 0.2) is 5.16 Å². The molecule has 1 aromatic rings. The van der Waals surface area contributed by atoms with Crippen molar-refractivity contribution in [3.05, 3.63) is 12.3 Å². The van der Waals surface area contributed by atoms with Crippen LogP contribution in [0.15, 0.2) is 17.4 Å². The zero-order valence-corrected chi connectivity index (χ0v) is 11.1. The van der Waals surface area contributed by atoms with Gasteiger partial charge in [-0.25, -0.2) is 9.97 Å². The molecular weight excluding hydrogens is 244 g/mol. The van der Waals surface area contributed by atoms with Crippen molar-refractivity contribution < 1.29 is 0 Å². The highest BCUT2D eigenvalue weighted by atomic mass is 35.5. The Bertz CT molecular complexity index is 330. The molecule has 0 spiro atoms. The van der Waals surface area contributed by atoms with Gasteiger partial charge in [0.05, 0.1) is 0 Å². The predicted molar refractivity (Wildman–Crippen MR) is 70.7 cm³/mol. The molecule has 0 aliphatic carbocycles. The molecular formula is C10H17ClN4S. The van der Waals surface area contributed by atoms with E-state index in [1.54, 1.807) is 11.8 Å². The van der Waals surface area contributed by atoms with E-state index in [9.17, 15) is 0 Å². The highest BCUT2D eigenvalue weighted by Gasteiger charge is 2.20. The van der Waals surface area contributed by atoms with Gasteiger partial charge in [-0.1, -0.05) is 11.8 Å². The van der Waals surface area contributed by atoms with Gasteiger partial charge in [-0.15, -0.1) is 12.4 Å². The van der Waals surface area contributed by atoms with Gasteiger partial charge in [0.2, 0.25) is 0 Å². The van der Waals surface area contributed by atoms with Crippen molar-refractivity contribution in [2.45, 2.75) is 17.6 Å². The van der Waals surface area contributed by atoms with Gasteiger partial charge in [0.25, 0.3) is 0 Å². The van der Waals surface area contributed by atoms with Crippen molar-refractivity contribution in [1.29, 1.82) is 0 Å². The van der Waals surface area contributed by atoms with E-state index >= 15 is 0 Å². The van der Waals surface area contributed by atoms with E-state index in [-0.39, 0.29) is 12.4 Å². The molecule has 2 rings (SSSR count). The van der Waals surface area contributed by atoms with Crippen LogP contribution in [0.2, 0.25) is 0 Å². The summed E-state index contributed by atoms with van der Waals surface area (Å²) in [5, 5.41) is 4.20. The van der Waals surface area contributed by atoms with Crippen LogP contribution in [0.25, 0.3) is 0 Å². The first kappa shape index (κ1) is 13.5. The molecule has 1 atom stereocenters. The first-order valence-corrected chi connectivity index (χ1v) is 6.34. The highest BCUT2D eigenvalue weighted by molar-refractivity contribution is 7.98. The first-order chi connectivity index (χ1) is 7.31. The number of hydrogen-bond acceptors (Lipinski definition) is 5. The van der Waals surface area contributed by atoms with E-state index < -0.39 is 0 Å². The topological polar surface area (TPSA) is 41.1 Å². The minimum Gasteiger partial charge on any atom is -0.355 e. The van der Waals surface area contributed by atoms with Crippen LogP contribution in [0.3, 0.4) is 0 Å². The Morgan fingerprint density at radius 3 is 3.00 bits per heavy atom. The summed E-state index contributed by atoms with van der Waals surface area (Å²) in [6.07, 6.45) is 5.01. The summed E-state index contributed by atoms with van der Waals surface area (Å²) >= 11 is 1.58. The molecule has 1 N–H and O–H groups in total. The maximum atomic E-state index is 4.49. The summed E-state index contributed by atoms with van der Waals surface area (Å²) in [4.78, 5) is 10.9. The summed E-state index contributed by atoms with van der Waals surface area (Å²) in [5.74, 6) is 1.02. The summed E-state index contributed by atoms with van der Waals surface area (Å²) in [6.45, 7) is 2.16. The molecule has 1 aromatic heterocycles. The molecule has 0 aromatic carbocycles. The van der Waals surface area contributed by atoms with Crippen LogP contribution < -0.4 is 10.2 Å². The molecule has 6 heteroatoms. The Morgan fingerprint density at radius 2 is 2.38 bits per heavy atom. The van der Waals surface area contributed by atoms with Crippen molar-refractivity contribution in [2.75, 3.05) is 31.3 Å². The average Bonchev–Trinajstić information content (AvgIpc) is 2.81. The van der Waals surface area contributed by atoms with Gasteiger partial charge in [-0.2, -0.15) is 0 Å². The fourth-order valence-electron chi connectivity index (χ4n) is 1.78. The quantitative estimate of drug-likeness (QED) is 0.658. The Morgan fingerprint density at radius 1 is 1.56 bits per heavy atom. The largest absolute Gasteiger partial charge is 0.355 e. The third-order valence-electron chi connectivity index (χ3n) is 2.74. The van der Waals surface area contributed by atoms with Crippen molar-refractivity contribution in [1.82, 2.24) is 15.3 Å². The molecule has 16 heavy (non-hydrogen) atoms. The Balaban J connectivity index is 0.00000128. The van der Waals surface area contributed by atoms with Crippen LogP contribution in [0.4, 0.5) is 5.82 Å². The van der Waals surface area contributed by atoms with E-state index in [1.807, 2.05) is 18.5 Å². The van der Waals surface area contributed by atoms with E-state index in [0.29, 0.717) is 6.04 Å². The van der Waals surface area contributed by atoms with Crippen molar-refractivity contribution in [2.24, 2.45) is 0 Å². The SMILES string of the molecule is CSc1nccc(N(C)C2CCNC2)n1.Cl. The molecule has 1 aliphatic heterocycles. The summed E-state index contributed by atoms with van der Waals surface area (Å²) in [6, 6.07) is 2.53. The van der Waals surface area contributed by atoms with Gasteiger partial charge < -0.3 is 10.2 Å². The Hall–Kier alpha value is -0.520. The number of hydrogen-bond donors (Lipinski definition) is 1. The third kappa shape index (κ3) is 2.99. The fraction of sp³-hybridized carbons (Fsp3) is 0.600. The van der Waals surface area contributed by atoms with Crippen LogP contribution in [0.5, 0.6) is 0 Å². The molecule has 1 unspecified atom stereocenters. The Labute approximate surface area is 107 Å². The highest BCUT2D eigenvalue weighted by Crippen LogP contribution is 2.17. The molecule has 0 bridgehead atoms. The van der Waals surface area contributed by atoms with Gasteiger partial charge in [-0.3, -0.25) is 0 Å². The number of anilines is 1. The zero-order chi connectivity index (χ0) is 10.7. The predicted octanol–water partition coefficient (Wildman–Crippen LogP) is 1.42. The number of halogens is 1. The molecule has 1 fully saturated rings. The van der Waals surface area contributed by atoms with Gasteiger partial charge in [-0.05, 0) is 25.3 Å². The second-order valence-electron chi connectivity index (χ2n) is 3.66. The lowest BCUT2D eigenvalue weighted by Gasteiger charge is -2.24. The molecule has 90 valence electrons. The second-order valence-corrected chi connectivity index (χ2v) is 4.43. The van der Waals surface area contributed by atoms with Crippen molar-refractivity contribution in [3.63, 3.8) is 0 Å². The lowest BCUT2D eigenvalue weighted by atomic mass is 10.2.